The van der Waals surface area contributed by atoms with Crippen LogP contribution in [0, 0.1) is 0 Å². The highest BCUT2D eigenvalue weighted by molar-refractivity contribution is 7.47. The molecule has 0 aromatic rings. The highest BCUT2D eigenvalue weighted by Gasteiger charge is 2.27. The van der Waals surface area contributed by atoms with Crippen molar-refractivity contribution in [3.8, 4) is 0 Å². The Labute approximate surface area is 481 Å². The van der Waals surface area contributed by atoms with Crippen LogP contribution in [0.4, 0.5) is 0 Å². The first-order valence-electron chi connectivity index (χ1n) is 32.0. The highest BCUT2D eigenvalue weighted by Crippen LogP contribution is 2.43. The number of hydrogen-bond acceptors (Lipinski definition) is 7. The number of unbranched alkanes of at least 4 members (excludes halogenated alkanes) is 28. The predicted octanol–water partition coefficient (Wildman–Crippen LogP) is 20.4. The molecule has 0 radical (unpaired) electrons. The number of carbonyl (C=O) groups excluding carboxylic acids is 2. The molecule has 0 heterocycles. The van der Waals surface area contributed by atoms with Crippen LogP contribution in [0.25, 0.3) is 0 Å². The van der Waals surface area contributed by atoms with Gasteiger partial charge in [0.2, 0.25) is 0 Å². The molecule has 0 saturated carbocycles. The molecule has 0 aromatic heterocycles. The Balaban J connectivity index is 4.13. The number of allylic oxidation sites excluding steroid dienone is 16. The minimum absolute atomic E-state index is 0.0246. The summed E-state index contributed by atoms with van der Waals surface area (Å²) < 4.78 is 34.6. The Morgan fingerprint density at radius 2 is 0.731 bits per heavy atom. The second-order valence-corrected chi connectivity index (χ2v) is 23.9. The number of hydrogen-bond donors (Lipinski definition) is 1. The fourth-order valence-corrected chi connectivity index (χ4v) is 9.44. The number of nitrogens with zero attached hydrogens (tertiary/aromatic N) is 1. The van der Waals surface area contributed by atoms with Gasteiger partial charge >= 0.3 is 19.8 Å². The summed E-state index contributed by atoms with van der Waals surface area (Å²) in [6.07, 6.45) is 80.6. The lowest BCUT2D eigenvalue weighted by atomic mass is 10.0. The summed E-state index contributed by atoms with van der Waals surface area (Å²) in [5, 5.41) is 0. The smallest absolute Gasteiger partial charge is 0.462 e. The van der Waals surface area contributed by atoms with Gasteiger partial charge in [0.15, 0.2) is 6.10 Å². The topological polar surface area (TPSA) is 108 Å². The van der Waals surface area contributed by atoms with Crippen LogP contribution in [-0.4, -0.2) is 74.9 Å². The number of ether oxygens (including phenoxy) is 2. The van der Waals surface area contributed by atoms with Gasteiger partial charge in [-0.05, 0) is 96.3 Å². The largest absolute Gasteiger partial charge is 0.472 e. The van der Waals surface area contributed by atoms with Crippen molar-refractivity contribution in [1.82, 2.24) is 0 Å². The van der Waals surface area contributed by atoms with Gasteiger partial charge in [-0.2, -0.15) is 0 Å². The Hall–Kier alpha value is -3.07. The zero-order valence-corrected chi connectivity index (χ0v) is 52.0. The molecular weight excluding hydrogens is 990 g/mol. The van der Waals surface area contributed by atoms with E-state index in [2.05, 4.69) is 111 Å². The standard InChI is InChI=1S/C68H120NO8P/c1-6-8-10-12-14-16-18-20-22-24-26-28-30-32-33-34-35-37-38-40-42-44-46-48-50-52-54-56-58-60-67(70)74-64-66(65-76-78(72,73)75-63-62-69(3,4)5)77-68(71)61-59-57-55-53-51-49-47-45-43-41-39-36-31-29-27-25-23-21-19-17-15-13-11-9-7-2/h9,11,15,17-18,20-21,23-24,26-27,29,36,39,43,45,66H,6-8,10,12-14,16,19,22,25,28,30-35,37-38,40-42,44,46-65H2,1-5H3/p+1/b11-9-,17-15-,20-18-,23-21-,26-24-,29-27-,39-36-,45-43-. The van der Waals surface area contributed by atoms with Crippen LogP contribution in [0.15, 0.2) is 97.2 Å². The van der Waals surface area contributed by atoms with E-state index >= 15 is 0 Å². The van der Waals surface area contributed by atoms with E-state index in [0.717, 1.165) is 103 Å². The van der Waals surface area contributed by atoms with Crippen molar-refractivity contribution in [2.45, 2.75) is 277 Å². The molecular formula is C68H121NO8P+. The first-order valence-corrected chi connectivity index (χ1v) is 33.5. The van der Waals surface area contributed by atoms with Crippen molar-refractivity contribution in [1.29, 1.82) is 0 Å². The lowest BCUT2D eigenvalue weighted by Gasteiger charge is -2.24. The molecule has 450 valence electrons. The molecule has 0 saturated heterocycles. The van der Waals surface area contributed by atoms with Gasteiger partial charge in [-0.1, -0.05) is 259 Å². The number of quaternary nitrogens is 1. The van der Waals surface area contributed by atoms with Crippen molar-refractivity contribution in [3.05, 3.63) is 97.2 Å². The van der Waals surface area contributed by atoms with E-state index < -0.39 is 26.5 Å². The van der Waals surface area contributed by atoms with Crippen molar-refractivity contribution in [2.75, 3.05) is 47.5 Å². The summed E-state index contributed by atoms with van der Waals surface area (Å²) in [4.78, 5) is 35.8. The summed E-state index contributed by atoms with van der Waals surface area (Å²) in [5.74, 6) is -0.812. The van der Waals surface area contributed by atoms with Crippen molar-refractivity contribution in [2.24, 2.45) is 0 Å². The summed E-state index contributed by atoms with van der Waals surface area (Å²) in [7, 11) is 1.46. The zero-order chi connectivity index (χ0) is 57.0. The van der Waals surface area contributed by atoms with Gasteiger partial charge in [-0.15, -0.1) is 0 Å². The number of phosphoric ester groups is 1. The molecule has 0 amide bonds. The van der Waals surface area contributed by atoms with Crippen molar-refractivity contribution < 1.29 is 42.1 Å². The Morgan fingerprint density at radius 1 is 0.410 bits per heavy atom. The van der Waals surface area contributed by atoms with Crippen LogP contribution in [0.3, 0.4) is 0 Å². The minimum Gasteiger partial charge on any atom is -0.462 e. The molecule has 0 rings (SSSR count). The molecule has 0 aliphatic carbocycles. The quantitative estimate of drug-likeness (QED) is 0.0211. The fourth-order valence-electron chi connectivity index (χ4n) is 8.70. The van der Waals surface area contributed by atoms with Crippen LogP contribution in [0.1, 0.15) is 271 Å². The minimum atomic E-state index is -4.40. The summed E-state index contributed by atoms with van der Waals surface area (Å²) in [5.41, 5.74) is 0. The first-order chi connectivity index (χ1) is 38.0. The molecule has 9 nitrogen and oxygen atoms in total. The molecule has 0 aromatic carbocycles. The third kappa shape index (κ3) is 62.1. The lowest BCUT2D eigenvalue weighted by molar-refractivity contribution is -0.870. The van der Waals surface area contributed by atoms with E-state index in [0.29, 0.717) is 17.4 Å². The SMILES string of the molecule is CC/C=C\C/C=C\C/C=C\C/C=C\C/C=C\C/C=C\CCCCCCCCC(=O)OC(COC(=O)CCCCCCCCCCCCCCCCCCC/C=C\C/C=C\CCCCCCC)COP(=O)(O)OCC[N+](C)(C)C. The molecule has 1 N–H and O–H groups in total. The fraction of sp³-hybridized carbons (Fsp3) is 0.735. The van der Waals surface area contributed by atoms with Crippen LogP contribution < -0.4 is 0 Å². The zero-order valence-electron chi connectivity index (χ0n) is 51.1. The average molecular weight is 1110 g/mol. The van der Waals surface area contributed by atoms with Gasteiger partial charge < -0.3 is 18.9 Å². The van der Waals surface area contributed by atoms with E-state index in [-0.39, 0.29) is 32.0 Å². The lowest BCUT2D eigenvalue weighted by Crippen LogP contribution is -2.37. The Kier molecular flexibility index (Phi) is 56.3. The van der Waals surface area contributed by atoms with Gasteiger partial charge in [-0.25, -0.2) is 4.57 Å². The van der Waals surface area contributed by atoms with E-state index in [1.807, 2.05) is 21.1 Å². The average Bonchev–Trinajstić information content (AvgIpc) is 3.40. The second-order valence-electron chi connectivity index (χ2n) is 22.4. The van der Waals surface area contributed by atoms with Gasteiger partial charge in [0.1, 0.15) is 19.8 Å². The number of rotatable bonds is 58. The number of carbonyl (C=O) groups is 2. The summed E-state index contributed by atoms with van der Waals surface area (Å²) in [6, 6.07) is 0. The Bertz CT molecular complexity index is 1640. The first kappa shape index (κ1) is 74.9. The summed E-state index contributed by atoms with van der Waals surface area (Å²) in [6.45, 7) is 4.31. The molecule has 0 spiro atoms. The van der Waals surface area contributed by atoms with Gasteiger partial charge in [-0.3, -0.25) is 18.6 Å². The molecule has 0 aliphatic rings. The number of likely N-dealkylation sites (N-methyl/N-ethyl adjacent to an activating group) is 1. The number of phosphoric acid groups is 1. The van der Waals surface area contributed by atoms with Gasteiger partial charge in [0, 0.05) is 12.8 Å². The van der Waals surface area contributed by atoms with Gasteiger partial charge in [0.05, 0.1) is 27.7 Å². The van der Waals surface area contributed by atoms with E-state index in [1.165, 1.54) is 135 Å². The third-order valence-electron chi connectivity index (χ3n) is 13.6. The van der Waals surface area contributed by atoms with Crippen LogP contribution in [0.5, 0.6) is 0 Å². The molecule has 10 heteroatoms. The third-order valence-corrected chi connectivity index (χ3v) is 14.6. The van der Waals surface area contributed by atoms with Crippen molar-refractivity contribution in [3.63, 3.8) is 0 Å². The molecule has 78 heavy (non-hydrogen) atoms. The Morgan fingerprint density at radius 3 is 1.09 bits per heavy atom. The molecule has 0 aliphatic heterocycles. The van der Waals surface area contributed by atoms with Crippen LogP contribution in [0.2, 0.25) is 0 Å². The summed E-state index contributed by atoms with van der Waals surface area (Å²) >= 11 is 0. The van der Waals surface area contributed by atoms with E-state index in [9.17, 15) is 19.0 Å². The molecule has 0 bridgehead atoms. The second kappa shape index (κ2) is 58.6. The van der Waals surface area contributed by atoms with E-state index in [4.69, 9.17) is 18.5 Å². The van der Waals surface area contributed by atoms with Crippen LogP contribution in [-0.2, 0) is 32.7 Å². The maximum absolute atomic E-state index is 12.8. The maximum Gasteiger partial charge on any atom is 0.472 e. The maximum atomic E-state index is 12.8. The van der Waals surface area contributed by atoms with Crippen molar-refractivity contribution >= 4 is 19.8 Å². The molecule has 2 atom stereocenters. The predicted molar refractivity (Wildman–Crippen MR) is 335 cm³/mol. The normalized spacial score (nSPS) is 13.9. The molecule has 2 unspecified atom stereocenters. The van der Waals surface area contributed by atoms with Crippen LogP contribution >= 0.6 is 7.82 Å². The monoisotopic (exact) mass is 1110 g/mol. The molecule has 0 fully saturated rings. The van der Waals surface area contributed by atoms with Gasteiger partial charge in [0.25, 0.3) is 0 Å². The number of esters is 2. The van der Waals surface area contributed by atoms with E-state index in [1.54, 1.807) is 0 Å². The highest BCUT2D eigenvalue weighted by atomic mass is 31.2.